The third kappa shape index (κ3) is 8.68. The van der Waals surface area contributed by atoms with Crippen LogP contribution >= 0.6 is 47.0 Å². The number of hydrogen-bond acceptors (Lipinski definition) is 7. The molecule has 6 nitrogen and oxygen atoms in total. The zero-order valence-corrected chi connectivity index (χ0v) is 23.0. The van der Waals surface area contributed by atoms with Crippen LogP contribution in [0.3, 0.4) is 0 Å². The molecule has 0 aliphatic carbocycles. The quantitative estimate of drug-likeness (QED) is 0.167. The summed E-state index contributed by atoms with van der Waals surface area (Å²) in [5.41, 5.74) is 3.71. The fourth-order valence-electron chi connectivity index (χ4n) is 2.99. The molecule has 2 N–H and O–H groups in total. The first-order valence-corrected chi connectivity index (χ1v) is 16.2. The van der Waals surface area contributed by atoms with Gasteiger partial charge in [0.15, 0.2) is 0 Å². The molecular formula is C22H21BrF2NO5PS3. The molecule has 0 radical (unpaired) electrons. The van der Waals surface area contributed by atoms with E-state index in [0.717, 1.165) is 33.1 Å². The van der Waals surface area contributed by atoms with Gasteiger partial charge in [0, 0.05) is 26.6 Å². The first kappa shape index (κ1) is 28.3. The van der Waals surface area contributed by atoms with Crippen LogP contribution in [0, 0.1) is 0 Å². The molecule has 0 amide bonds. The van der Waals surface area contributed by atoms with Crippen molar-refractivity contribution < 1.29 is 31.5 Å². The normalized spacial score (nSPS) is 12.1. The molecule has 0 saturated carbocycles. The zero-order valence-electron chi connectivity index (χ0n) is 18.1. The lowest BCUT2D eigenvalue weighted by molar-refractivity contribution is -0.0881. The molecule has 0 aliphatic heterocycles. The Morgan fingerprint density at radius 2 is 1.40 bits per heavy atom. The standard InChI is InChI=1S/C22H21BrF2NO5PS3/c23-22-11-18(5-6-19(22)12-32(27,30-24)31-25)14-33-13-16-1-3-17(4-2-16)15-34-20-7-9-21(10-8-20)35(26,28)29/h1-11H,12-15H2,(H2,26,28,29). The van der Waals surface area contributed by atoms with Gasteiger partial charge in [0.05, 0.1) is 11.1 Å². The second-order valence-corrected chi connectivity index (χ2v) is 13.7. The van der Waals surface area contributed by atoms with E-state index in [1.807, 2.05) is 0 Å². The van der Waals surface area contributed by atoms with Crippen LogP contribution in [-0.4, -0.2) is 8.42 Å². The molecule has 0 atom stereocenters. The summed E-state index contributed by atoms with van der Waals surface area (Å²) in [5.74, 6) is 2.25. The lowest BCUT2D eigenvalue weighted by Crippen LogP contribution is -2.11. The Morgan fingerprint density at radius 1 is 0.857 bits per heavy atom. The van der Waals surface area contributed by atoms with Crippen LogP contribution in [0.25, 0.3) is 0 Å². The molecule has 188 valence electrons. The van der Waals surface area contributed by atoms with Gasteiger partial charge in [-0.3, -0.25) is 4.57 Å². The van der Waals surface area contributed by atoms with Crippen LogP contribution < -0.4 is 5.14 Å². The van der Waals surface area contributed by atoms with Gasteiger partial charge in [0.25, 0.3) is 0 Å². The Bertz CT molecular complexity index is 1290. The minimum absolute atomic E-state index is 0.0932. The van der Waals surface area contributed by atoms with Crippen molar-refractivity contribution in [1.29, 1.82) is 0 Å². The van der Waals surface area contributed by atoms with Gasteiger partial charge in [-0.2, -0.15) is 11.8 Å². The summed E-state index contributed by atoms with van der Waals surface area (Å²) in [6.07, 6.45) is -0.528. The van der Waals surface area contributed by atoms with Crippen molar-refractivity contribution in [3.8, 4) is 0 Å². The number of halogens is 3. The Labute approximate surface area is 219 Å². The Hall–Kier alpha value is -1.24. The van der Waals surface area contributed by atoms with Crippen molar-refractivity contribution in [1.82, 2.24) is 0 Å². The van der Waals surface area contributed by atoms with E-state index in [1.54, 1.807) is 53.9 Å². The van der Waals surface area contributed by atoms with Gasteiger partial charge in [-0.15, -0.1) is 21.2 Å². The van der Waals surface area contributed by atoms with Gasteiger partial charge >= 0.3 is 7.60 Å². The summed E-state index contributed by atoms with van der Waals surface area (Å²) < 4.78 is 65.8. The molecule has 0 saturated heterocycles. The van der Waals surface area contributed by atoms with Crippen molar-refractivity contribution in [2.45, 2.75) is 33.2 Å². The van der Waals surface area contributed by atoms with Gasteiger partial charge in [-0.25, -0.2) is 13.6 Å². The van der Waals surface area contributed by atoms with Gasteiger partial charge in [-0.05, 0) is 61.6 Å². The molecule has 0 aliphatic rings. The highest BCUT2D eigenvalue weighted by Gasteiger charge is 2.29. The lowest BCUT2D eigenvalue weighted by Gasteiger charge is -2.10. The summed E-state index contributed by atoms with van der Waals surface area (Å²) in [7, 11) is -8.13. The van der Waals surface area contributed by atoms with Crippen molar-refractivity contribution in [3.05, 3.63) is 93.5 Å². The highest BCUT2D eigenvalue weighted by molar-refractivity contribution is 9.10. The average Bonchev–Trinajstić information content (AvgIpc) is 2.85. The van der Waals surface area contributed by atoms with E-state index in [-0.39, 0.29) is 4.90 Å². The van der Waals surface area contributed by atoms with Crippen LogP contribution in [0.15, 0.2) is 81.0 Å². The van der Waals surface area contributed by atoms with E-state index in [2.05, 4.69) is 49.7 Å². The molecule has 3 rings (SSSR count). The fraction of sp³-hybridized carbons (Fsp3) is 0.182. The summed E-state index contributed by atoms with van der Waals surface area (Å²) in [6, 6.07) is 20.0. The highest BCUT2D eigenvalue weighted by atomic mass is 79.9. The monoisotopic (exact) mass is 623 g/mol. The first-order valence-electron chi connectivity index (χ1n) is 10.00. The molecule has 0 bridgehead atoms. The summed E-state index contributed by atoms with van der Waals surface area (Å²) in [4.78, 5) is 1.04. The van der Waals surface area contributed by atoms with Gasteiger partial charge in [0.1, 0.15) is 0 Å². The third-order valence-corrected chi connectivity index (χ3v) is 9.78. The van der Waals surface area contributed by atoms with Gasteiger partial charge in [0.2, 0.25) is 10.0 Å². The molecule has 0 fully saturated rings. The number of thioether (sulfide) groups is 2. The minimum Gasteiger partial charge on any atom is -0.254 e. The second kappa shape index (κ2) is 12.8. The maximum Gasteiger partial charge on any atom is 0.399 e. The number of hydrogen-bond donors (Lipinski definition) is 1. The number of benzene rings is 3. The summed E-state index contributed by atoms with van der Waals surface area (Å²) in [5, 5.41) is 5.12. The maximum atomic E-state index is 12.3. The number of nitrogens with two attached hydrogens (primary N) is 1. The van der Waals surface area contributed by atoms with E-state index in [9.17, 15) is 22.0 Å². The van der Waals surface area contributed by atoms with Gasteiger partial charge in [-0.1, -0.05) is 52.3 Å². The van der Waals surface area contributed by atoms with Crippen LogP contribution in [0.1, 0.15) is 22.3 Å². The van der Waals surface area contributed by atoms with E-state index in [0.29, 0.717) is 15.8 Å². The topological polar surface area (TPSA) is 95.7 Å². The Kier molecular flexibility index (Phi) is 10.4. The van der Waals surface area contributed by atoms with Crippen LogP contribution in [0.5, 0.6) is 0 Å². The summed E-state index contributed by atoms with van der Waals surface area (Å²) in [6.45, 7) is 0. The van der Waals surface area contributed by atoms with E-state index < -0.39 is 23.8 Å². The average molecular weight is 624 g/mol. The number of primary sulfonamides is 1. The molecule has 35 heavy (non-hydrogen) atoms. The predicted octanol–water partition coefficient (Wildman–Crippen LogP) is 7.32. The first-order chi connectivity index (χ1) is 16.6. The van der Waals surface area contributed by atoms with Crippen molar-refractivity contribution in [3.63, 3.8) is 0 Å². The van der Waals surface area contributed by atoms with E-state index in [4.69, 9.17) is 5.14 Å². The molecule has 3 aromatic carbocycles. The van der Waals surface area contributed by atoms with Crippen molar-refractivity contribution >= 4 is 57.1 Å². The molecule has 3 aromatic rings. The van der Waals surface area contributed by atoms with Crippen molar-refractivity contribution in [2.24, 2.45) is 5.14 Å². The summed E-state index contributed by atoms with van der Waals surface area (Å²) >= 11 is 6.63. The Morgan fingerprint density at radius 3 is 1.94 bits per heavy atom. The second-order valence-electron chi connectivity index (χ2n) is 7.45. The van der Waals surface area contributed by atoms with Gasteiger partial charge < -0.3 is 0 Å². The van der Waals surface area contributed by atoms with Crippen LogP contribution in [-0.2, 0) is 47.5 Å². The number of sulfonamides is 1. The largest absolute Gasteiger partial charge is 0.399 e. The highest BCUT2D eigenvalue weighted by Crippen LogP contribution is 2.53. The van der Waals surface area contributed by atoms with Crippen molar-refractivity contribution in [2.75, 3.05) is 0 Å². The van der Waals surface area contributed by atoms with E-state index in [1.165, 1.54) is 12.1 Å². The lowest BCUT2D eigenvalue weighted by atomic mass is 10.2. The molecule has 0 unspecified atom stereocenters. The fourth-order valence-corrected chi connectivity index (χ4v) is 6.90. The SMILES string of the molecule is NS(=O)(=O)c1ccc(SCc2ccc(CSCc3ccc(CP(=O)(OF)OF)c(Br)c3)cc2)cc1. The third-order valence-electron chi connectivity index (χ3n) is 4.81. The zero-order chi connectivity index (χ0) is 25.5. The molecule has 0 spiro atoms. The smallest absolute Gasteiger partial charge is 0.254 e. The van der Waals surface area contributed by atoms with Crippen LogP contribution in [0.4, 0.5) is 9.05 Å². The molecule has 13 heteroatoms. The minimum atomic E-state index is -4.44. The molecular weight excluding hydrogens is 603 g/mol. The van der Waals surface area contributed by atoms with Crippen LogP contribution in [0.2, 0.25) is 0 Å². The maximum absolute atomic E-state index is 12.3. The molecule has 0 heterocycles. The van der Waals surface area contributed by atoms with E-state index >= 15 is 0 Å². The predicted molar refractivity (Wildman–Crippen MR) is 139 cm³/mol. The molecule has 0 aromatic heterocycles. The Balaban J connectivity index is 1.47. The number of rotatable bonds is 12.